The van der Waals surface area contributed by atoms with E-state index in [1.54, 1.807) is 60.3 Å². The summed E-state index contributed by atoms with van der Waals surface area (Å²) in [5, 5.41) is 13.9. The van der Waals surface area contributed by atoms with Gasteiger partial charge < -0.3 is 14.6 Å². The summed E-state index contributed by atoms with van der Waals surface area (Å²) in [5.74, 6) is 1.29. The molecule has 1 amide bonds. The van der Waals surface area contributed by atoms with Gasteiger partial charge in [0.2, 0.25) is 0 Å². The van der Waals surface area contributed by atoms with Crippen LogP contribution >= 0.6 is 0 Å². The topological polar surface area (TPSA) is 103 Å². The van der Waals surface area contributed by atoms with Gasteiger partial charge in [-0.25, -0.2) is 4.98 Å². The summed E-state index contributed by atoms with van der Waals surface area (Å²) in [7, 11) is 3.08. The van der Waals surface area contributed by atoms with Gasteiger partial charge in [-0.1, -0.05) is 0 Å². The first-order valence-corrected chi connectivity index (χ1v) is 9.12. The number of pyridine rings is 2. The zero-order valence-electron chi connectivity index (χ0n) is 16.4. The summed E-state index contributed by atoms with van der Waals surface area (Å²) < 4.78 is 12.1. The molecule has 1 N–H and O–H groups in total. The maximum absolute atomic E-state index is 12.8. The second-order valence-corrected chi connectivity index (χ2v) is 6.76. The van der Waals surface area contributed by atoms with E-state index in [4.69, 9.17) is 9.47 Å². The second kappa shape index (κ2) is 7.51. The number of hydrogen-bond donors (Lipinski definition) is 1. The van der Waals surface area contributed by atoms with Gasteiger partial charge in [-0.05, 0) is 25.1 Å². The lowest BCUT2D eigenvalue weighted by atomic mass is 10.1. The molecule has 3 aromatic rings. The van der Waals surface area contributed by atoms with Gasteiger partial charge in [-0.3, -0.25) is 19.4 Å². The van der Waals surface area contributed by atoms with Crippen LogP contribution < -0.4 is 14.4 Å². The first-order chi connectivity index (χ1) is 14.0. The number of carbonyl (C=O) groups excluding carboxylic acids is 1. The van der Waals surface area contributed by atoms with Crippen LogP contribution in [0.3, 0.4) is 0 Å². The summed E-state index contributed by atoms with van der Waals surface area (Å²) >= 11 is 0. The van der Waals surface area contributed by atoms with E-state index in [9.17, 15) is 9.90 Å². The number of aromatic nitrogens is 4. The van der Waals surface area contributed by atoms with Crippen molar-refractivity contribution in [3.63, 3.8) is 0 Å². The minimum Gasteiger partial charge on any atom is -0.491 e. The fourth-order valence-electron chi connectivity index (χ4n) is 3.27. The molecule has 4 heterocycles. The predicted octanol–water partition coefficient (Wildman–Crippen LogP) is 1.90. The van der Waals surface area contributed by atoms with Crippen molar-refractivity contribution < 1.29 is 19.4 Å². The highest BCUT2D eigenvalue weighted by Gasteiger charge is 2.31. The number of hydrogen-bond acceptors (Lipinski definition) is 7. The zero-order chi connectivity index (χ0) is 20.5. The van der Waals surface area contributed by atoms with Gasteiger partial charge in [0.05, 0.1) is 50.4 Å². The number of aliphatic hydroxyl groups is 1. The Bertz CT molecular complexity index is 1060. The second-order valence-electron chi connectivity index (χ2n) is 6.76. The van der Waals surface area contributed by atoms with E-state index in [0.29, 0.717) is 47.5 Å². The van der Waals surface area contributed by atoms with Gasteiger partial charge in [0, 0.05) is 24.0 Å². The van der Waals surface area contributed by atoms with Gasteiger partial charge in [-0.15, -0.1) is 0 Å². The summed E-state index contributed by atoms with van der Waals surface area (Å²) in [6.45, 7) is 2.38. The van der Waals surface area contributed by atoms with Gasteiger partial charge in [0.25, 0.3) is 11.8 Å². The molecule has 1 aliphatic heterocycles. The molecular weight excluding hydrogens is 374 g/mol. The molecule has 0 saturated heterocycles. The molecule has 9 nitrogen and oxygen atoms in total. The number of methoxy groups -OCH3 is 2. The highest BCUT2D eigenvalue weighted by atomic mass is 16.5. The van der Waals surface area contributed by atoms with Crippen molar-refractivity contribution >= 4 is 11.7 Å². The van der Waals surface area contributed by atoms with Crippen LogP contribution in [0, 0.1) is 0 Å². The van der Waals surface area contributed by atoms with Crippen LogP contribution in [0.25, 0.3) is 11.3 Å². The summed E-state index contributed by atoms with van der Waals surface area (Å²) in [6.07, 6.45) is 2.88. The van der Waals surface area contributed by atoms with Crippen molar-refractivity contribution in [2.45, 2.75) is 26.1 Å². The lowest BCUT2D eigenvalue weighted by Gasteiger charge is -2.11. The Morgan fingerprint density at radius 3 is 2.79 bits per heavy atom. The van der Waals surface area contributed by atoms with E-state index >= 15 is 0 Å². The van der Waals surface area contributed by atoms with Crippen molar-refractivity contribution in [1.82, 2.24) is 19.7 Å². The fraction of sp³-hybridized carbons (Fsp3) is 0.300. The first-order valence-electron chi connectivity index (χ1n) is 9.12. The molecule has 0 unspecified atom stereocenters. The molecule has 0 fully saturated rings. The zero-order valence-corrected chi connectivity index (χ0v) is 16.4. The van der Waals surface area contributed by atoms with Gasteiger partial charge in [-0.2, -0.15) is 5.10 Å². The minimum absolute atomic E-state index is 0.146. The van der Waals surface area contributed by atoms with E-state index in [-0.39, 0.29) is 5.91 Å². The van der Waals surface area contributed by atoms with Crippen LogP contribution in [0.15, 0.2) is 36.7 Å². The number of fused-ring (bicyclic) bond motifs is 1. The SMILES string of the molecule is COc1cc(-c2ccc3c(n2)CN(c2ccn(C[C@H](C)O)n2)C3=O)cnc1OC. The van der Waals surface area contributed by atoms with E-state index < -0.39 is 6.10 Å². The number of rotatable bonds is 6. The fourth-order valence-corrected chi connectivity index (χ4v) is 3.27. The number of anilines is 1. The molecule has 9 heteroatoms. The highest BCUT2D eigenvalue weighted by molar-refractivity contribution is 6.09. The average Bonchev–Trinajstić information content (AvgIpc) is 3.30. The lowest BCUT2D eigenvalue weighted by molar-refractivity contribution is 0.0995. The molecule has 0 saturated carbocycles. The van der Waals surface area contributed by atoms with E-state index in [0.717, 1.165) is 5.56 Å². The van der Waals surface area contributed by atoms with Gasteiger partial charge >= 0.3 is 0 Å². The number of nitrogens with zero attached hydrogens (tertiary/aromatic N) is 5. The van der Waals surface area contributed by atoms with Crippen molar-refractivity contribution in [3.8, 4) is 22.9 Å². The highest BCUT2D eigenvalue weighted by Crippen LogP contribution is 2.32. The summed E-state index contributed by atoms with van der Waals surface area (Å²) in [6, 6.07) is 7.11. The van der Waals surface area contributed by atoms with Gasteiger partial charge in [0.1, 0.15) is 0 Å². The number of carbonyl (C=O) groups is 1. The molecule has 4 rings (SSSR count). The molecule has 150 valence electrons. The van der Waals surface area contributed by atoms with E-state index in [2.05, 4.69) is 15.1 Å². The molecule has 0 bridgehead atoms. The third-order valence-corrected chi connectivity index (χ3v) is 4.64. The van der Waals surface area contributed by atoms with Crippen LogP contribution in [0.5, 0.6) is 11.6 Å². The van der Waals surface area contributed by atoms with E-state index in [1.807, 2.05) is 0 Å². The molecule has 29 heavy (non-hydrogen) atoms. The van der Waals surface area contributed by atoms with Crippen molar-refractivity contribution in [3.05, 3.63) is 47.9 Å². The molecular formula is C20H21N5O4. The largest absolute Gasteiger partial charge is 0.491 e. The van der Waals surface area contributed by atoms with Crippen LogP contribution in [0.1, 0.15) is 23.0 Å². The van der Waals surface area contributed by atoms with Crippen LogP contribution in [0.4, 0.5) is 5.82 Å². The lowest BCUT2D eigenvalue weighted by Crippen LogP contribution is -2.24. The quantitative estimate of drug-likeness (QED) is 0.680. The third kappa shape index (κ3) is 3.52. The Balaban J connectivity index is 1.61. The maximum atomic E-state index is 12.8. The summed E-state index contributed by atoms with van der Waals surface area (Å²) in [5.41, 5.74) is 2.67. The molecule has 1 aliphatic rings. The maximum Gasteiger partial charge on any atom is 0.261 e. The number of aliphatic hydroxyl groups excluding tert-OH is 1. The Morgan fingerprint density at radius 1 is 1.24 bits per heavy atom. The standard InChI is InChI=1S/C20H21N5O4/c1-12(26)10-24-7-6-18(23-24)25-11-16-14(20(25)27)4-5-15(22-16)13-8-17(28-2)19(29-3)21-9-13/h4-9,12,26H,10-11H2,1-3H3/t12-/m0/s1. The Kier molecular flexibility index (Phi) is 4.89. The first kappa shape index (κ1) is 18.9. The predicted molar refractivity (Wildman–Crippen MR) is 105 cm³/mol. The Morgan fingerprint density at radius 2 is 2.07 bits per heavy atom. The molecule has 0 spiro atoms. The monoisotopic (exact) mass is 395 g/mol. The molecule has 3 aromatic heterocycles. The Labute approximate surface area is 167 Å². The molecule has 0 aromatic carbocycles. The average molecular weight is 395 g/mol. The van der Waals surface area contributed by atoms with Crippen molar-refractivity contribution in [2.24, 2.45) is 0 Å². The van der Waals surface area contributed by atoms with Crippen LogP contribution in [0.2, 0.25) is 0 Å². The van der Waals surface area contributed by atoms with E-state index in [1.165, 1.54) is 7.11 Å². The molecule has 0 aliphatic carbocycles. The Hall–Kier alpha value is -3.46. The molecule has 1 atom stereocenters. The molecule has 0 radical (unpaired) electrons. The minimum atomic E-state index is -0.520. The van der Waals surface area contributed by atoms with Crippen molar-refractivity contribution in [1.29, 1.82) is 0 Å². The normalized spacial score (nSPS) is 14.1. The van der Waals surface area contributed by atoms with Crippen molar-refractivity contribution in [2.75, 3.05) is 19.1 Å². The number of amides is 1. The van der Waals surface area contributed by atoms with Crippen LogP contribution in [-0.4, -0.2) is 51.1 Å². The van der Waals surface area contributed by atoms with Gasteiger partial charge in [0.15, 0.2) is 11.6 Å². The van der Waals surface area contributed by atoms with Crippen LogP contribution in [-0.2, 0) is 13.1 Å². The number of ether oxygens (including phenoxy) is 2. The third-order valence-electron chi connectivity index (χ3n) is 4.64. The smallest absolute Gasteiger partial charge is 0.261 e. The summed E-state index contributed by atoms with van der Waals surface area (Å²) in [4.78, 5) is 23.3.